The van der Waals surface area contributed by atoms with Gasteiger partial charge in [-0.2, -0.15) is 0 Å². The first-order valence-corrected chi connectivity index (χ1v) is 7.47. The molecule has 1 atom stereocenters. The maximum atomic E-state index is 10.6. The van der Waals surface area contributed by atoms with Crippen molar-refractivity contribution in [2.45, 2.75) is 38.7 Å². The Morgan fingerprint density at radius 1 is 1.20 bits per heavy atom. The minimum atomic E-state index is -0.856. The largest absolute Gasteiger partial charge is 0.490 e. The molecule has 1 heterocycles. The van der Waals surface area contributed by atoms with Crippen molar-refractivity contribution in [2.75, 3.05) is 26.3 Å². The Morgan fingerprint density at radius 2 is 1.95 bits per heavy atom. The molecule has 0 saturated carbocycles. The van der Waals surface area contributed by atoms with Crippen LogP contribution >= 0.6 is 0 Å². The van der Waals surface area contributed by atoms with Crippen LogP contribution in [-0.4, -0.2) is 31.4 Å². The number of ether oxygens (including phenoxy) is 2. The highest BCUT2D eigenvalue weighted by Crippen LogP contribution is 2.35. The summed E-state index contributed by atoms with van der Waals surface area (Å²) in [5.74, 6) is 1.51. The van der Waals surface area contributed by atoms with Gasteiger partial charge in [-0.3, -0.25) is 0 Å². The molecule has 1 aromatic rings. The van der Waals surface area contributed by atoms with Gasteiger partial charge in [0.15, 0.2) is 11.5 Å². The van der Waals surface area contributed by atoms with Crippen LogP contribution in [0.1, 0.15) is 38.7 Å². The predicted molar refractivity (Wildman–Crippen MR) is 79.4 cm³/mol. The van der Waals surface area contributed by atoms with Crippen LogP contribution < -0.4 is 14.8 Å². The Labute approximate surface area is 121 Å². The van der Waals surface area contributed by atoms with Gasteiger partial charge in [-0.25, -0.2) is 0 Å². The lowest BCUT2D eigenvalue weighted by molar-refractivity contribution is 0.0477. The Kier molecular flexibility index (Phi) is 5.26. The zero-order chi connectivity index (χ0) is 14.4. The van der Waals surface area contributed by atoms with Crippen LogP contribution in [0.15, 0.2) is 18.2 Å². The monoisotopic (exact) mass is 279 g/mol. The smallest absolute Gasteiger partial charge is 0.161 e. The van der Waals surface area contributed by atoms with Crippen LogP contribution in [0, 0.1) is 0 Å². The van der Waals surface area contributed by atoms with Gasteiger partial charge >= 0.3 is 0 Å². The number of aliphatic hydroxyl groups is 1. The van der Waals surface area contributed by atoms with Gasteiger partial charge in [0.05, 0.1) is 18.8 Å². The van der Waals surface area contributed by atoms with Gasteiger partial charge in [-0.1, -0.05) is 13.0 Å². The molecule has 2 N–H and O–H groups in total. The summed E-state index contributed by atoms with van der Waals surface area (Å²) in [4.78, 5) is 0. The second kappa shape index (κ2) is 6.95. The molecule has 0 aliphatic carbocycles. The maximum Gasteiger partial charge on any atom is 0.161 e. The van der Waals surface area contributed by atoms with Crippen LogP contribution in [0.2, 0.25) is 0 Å². The summed E-state index contributed by atoms with van der Waals surface area (Å²) in [6.45, 7) is 7.11. The summed E-state index contributed by atoms with van der Waals surface area (Å²) in [6.07, 6.45) is 2.67. The molecule has 0 saturated heterocycles. The van der Waals surface area contributed by atoms with Crippen molar-refractivity contribution >= 4 is 0 Å². The van der Waals surface area contributed by atoms with Gasteiger partial charge in [0.25, 0.3) is 0 Å². The summed E-state index contributed by atoms with van der Waals surface area (Å²) in [5, 5.41) is 13.9. The Morgan fingerprint density at radius 3 is 2.70 bits per heavy atom. The van der Waals surface area contributed by atoms with Crippen LogP contribution in [0.25, 0.3) is 0 Å². The third-order valence-corrected chi connectivity index (χ3v) is 3.58. The van der Waals surface area contributed by atoms with E-state index in [1.54, 1.807) is 0 Å². The van der Waals surface area contributed by atoms with E-state index in [2.05, 4.69) is 12.2 Å². The van der Waals surface area contributed by atoms with Gasteiger partial charge in [0.2, 0.25) is 0 Å². The molecule has 0 radical (unpaired) electrons. The maximum absolute atomic E-state index is 10.6. The number of hydrogen-bond acceptors (Lipinski definition) is 4. The molecule has 1 aromatic carbocycles. The lowest BCUT2D eigenvalue weighted by Crippen LogP contribution is -2.28. The van der Waals surface area contributed by atoms with E-state index < -0.39 is 5.60 Å². The SMILES string of the molecule is CCCNCCC(C)(O)c1ccc2c(c1)OCCCO2. The van der Waals surface area contributed by atoms with Gasteiger partial charge in [0, 0.05) is 6.42 Å². The van der Waals surface area contributed by atoms with Gasteiger partial charge in [-0.15, -0.1) is 0 Å². The van der Waals surface area contributed by atoms with Crippen molar-refractivity contribution in [1.29, 1.82) is 0 Å². The summed E-state index contributed by atoms with van der Waals surface area (Å²) < 4.78 is 11.3. The van der Waals surface area contributed by atoms with Crippen LogP contribution in [0.3, 0.4) is 0 Å². The van der Waals surface area contributed by atoms with Crippen molar-refractivity contribution in [3.8, 4) is 11.5 Å². The highest BCUT2D eigenvalue weighted by Gasteiger charge is 2.24. The second-order valence-electron chi connectivity index (χ2n) is 5.49. The number of hydrogen-bond donors (Lipinski definition) is 2. The molecule has 1 unspecified atom stereocenters. The van der Waals surface area contributed by atoms with Crippen LogP contribution in [0.4, 0.5) is 0 Å². The average Bonchev–Trinajstić information content (AvgIpc) is 2.68. The zero-order valence-corrected chi connectivity index (χ0v) is 12.4. The number of nitrogens with one attached hydrogen (secondary N) is 1. The molecule has 4 nitrogen and oxygen atoms in total. The normalized spacial score (nSPS) is 17.4. The quantitative estimate of drug-likeness (QED) is 0.785. The van der Waals surface area contributed by atoms with Crippen molar-refractivity contribution in [1.82, 2.24) is 5.32 Å². The van der Waals surface area contributed by atoms with Crippen molar-refractivity contribution in [3.05, 3.63) is 23.8 Å². The Balaban J connectivity index is 2.05. The molecule has 112 valence electrons. The van der Waals surface area contributed by atoms with E-state index in [9.17, 15) is 5.11 Å². The molecule has 4 heteroatoms. The van der Waals surface area contributed by atoms with Gasteiger partial charge < -0.3 is 19.9 Å². The first-order valence-electron chi connectivity index (χ1n) is 7.47. The lowest BCUT2D eigenvalue weighted by atomic mass is 9.92. The number of fused-ring (bicyclic) bond motifs is 1. The average molecular weight is 279 g/mol. The molecular weight excluding hydrogens is 254 g/mol. The van der Waals surface area contributed by atoms with Crippen molar-refractivity contribution < 1.29 is 14.6 Å². The van der Waals surface area contributed by atoms with Gasteiger partial charge in [-0.05, 0) is 50.6 Å². The molecule has 0 amide bonds. The van der Waals surface area contributed by atoms with E-state index in [4.69, 9.17) is 9.47 Å². The minimum absolute atomic E-state index is 0.663. The molecule has 0 aromatic heterocycles. The highest BCUT2D eigenvalue weighted by atomic mass is 16.5. The third kappa shape index (κ3) is 3.87. The van der Waals surface area contributed by atoms with Crippen LogP contribution in [0.5, 0.6) is 11.5 Å². The number of benzene rings is 1. The van der Waals surface area contributed by atoms with E-state index >= 15 is 0 Å². The molecule has 2 rings (SSSR count). The predicted octanol–water partition coefficient (Wildman–Crippen LogP) is 2.45. The molecule has 1 aliphatic rings. The lowest BCUT2D eigenvalue weighted by Gasteiger charge is -2.25. The molecular formula is C16H25NO3. The topological polar surface area (TPSA) is 50.7 Å². The fourth-order valence-corrected chi connectivity index (χ4v) is 2.28. The van der Waals surface area contributed by atoms with Crippen molar-refractivity contribution in [2.24, 2.45) is 0 Å². The van der Waals surface area contributed by atoms with E-state index in [0.717, 1.165) is 43.0 Å². The Hall–Kier alpha value is -1.26. The van der Waals surface area contributed by atoms with E-state index in [0.29, 0.717) is 19.6 Å². The molecule has 1 aliphatic heterocycles. The molecule has 0 spiro atoms. The standard InChI is InChI=1S/C16H25NO3/c1-3-8-17-9-7-16(2,18)13-5-6-14-15(12-13)20-11-4-10-19-14/h5-6,12,17-18H,3-4,7-11H2,1-2H3. The van der Waals surface area contributed by atoms with E-state index in [-0.39, 0.29) is 0 Å². The fraction of sp³-hybridized carbons (Fsp3) is 0.625. The highest BCUT2D eigenvalue weighted by molar-refractivity contribution is 5.44. The summed E-state index contributed by atoms with van der Waals surface area (Å²) >= 11 is 0. The van der Waals surface area contributed by atoms with Crippen LogP contribution in [-0.2, 0) is 5.60 Å². The van der Waals surface area contributed by atoms with Crippen molar-refractivity contribution in [3.63, 3.8) is 0 Å². The van der Waals surface area contributed by atoms with E-state index in [1.165, 1.54) is 0 Å². The third-order valence-electron chi connectivity index (χ3n) is 3.58. The summed E-state index contributed by atoms with van der Waals surface area (Å²) in [6, 6.07) is 5.72. The molecule has 0 bridgehead atoms. The zero-order valence-electron chi connectivity index (χ0n) is 12.4. The van der Waals surface area contributed by atoms with Gasteiger partial charge in [0.1, 0.15) is 0 Å². The fourth-order valence-electron chi connectivity index (χ4n) is 2.28. The Bertz CT molecular complexity index is 432. The minimum Gasteiger partial charge on any atom is -0.490 e. The second-order valence-corrected chi connectivity index (χ2v) is 5.49. The summed E-state index contributed by atoms with van der Waals surface area (Å²) in [5.41, 5.74) is 0.0193. The number of rotatable bonds is 6. The first-order chi connectivity index (χ1) is 9.63. The first kappa shape index (κ1) is 15.1. The van der Waals surface area contributed by atoms with E-state index in [1.807, 2.05) is 25.1 Å². The summed E-state index contributed by atoms with van der Waals surface area (Å²) in [7, 11) is 0. The molecule has 0 fully saturated rings. The molecule has 20 heavy (non-hydrogen) atoms.